The number of ether oxygens (including phenoxy) is 2. The molecule has 8 aromatic carbocycles. The van der Waals surface area contributed by atoms with Crippen molar-refractivity contribution in [1.29, 1.82) is 0 Å². The summed E-state index contributed by atoms with van der Waals surface area (Å²) in [6.45, 7) is 12.4. The normalized spacial score (nSPS) is 12.7. The minimum atomic E-state index is -0.242. The molecule has 0 amide bonds. The van der Waals surface area contributed by atoms with Crippen molar-refractivity contribution in [2.45, 2.75) is 60.2 Å². The largest absolute Gasteiger partial charge is 0.505 e. The minimum Gasteiger partial charge on any atom is -0.505 e. The van der Waals surface area contributed by atoms with Crippen LogP contribution in [0.3, 0.4) is 0 Å². The first-order valence-electron chi connectivity index (χ1n) is 21.7. The molecule has 0 bridgehead atoms. The van der Waals surface area contributed by atoms with Crippen LogP contribution >= 0.6 is 0 Å². The second-order valence-corrected chi connectivity index (χ2v) is 17.2. The fourth-order valence-corrected chi connectivity index (χ4v) is 9.55. The molecule has 10 rings (SSSR count). The number of hydrogen-bond acceptors (Lipinski definition) is 4. The summed E-state index contributed by atoms with van der Waals surface area (Å²) in [6.07, 6.45) is 0.0983. The van der Waals surface area contributed by atoms with E-state index in [1.54, 1.807) is 0 Å². The molecular formula is C57H50N2O4. The van der Waals surface area contributed by atoms with E-state index in [2.05, 4.69) is 148 Å². The molecule has 0 aliphatic carbocycles. The molecule has 6 nitrogen and oxygen atoms in total. The number of nitrogens with zero attached hydrogens (tertiary/aromatic N) is 2. The van der Waals surface area contributed by atoms with Crippen molar-refractivity contribution in [2.75, 3.05) is 0 Å². The maximum Gasteiger partial charge on any atom is 0.147 e. The third kappa shape index (κ3) is 7.02. The highest BCUT2D eigenvalue weighted by Gasteiger charge is 2.24. The van der Waals surface area contributed by atoms with Gasteiger partial charge in [0.25, 0.3) is 0 Å². The Hall–Kier alpha value is -7.44. The molecule has 1 unspecified atom stereocenters. The van der Waals surface area contributed by atoms with Crippen LogP contribution in [0.2, 0.25) is 0 Å². The lowest BCUT2D eigenvalue weighted by Crippen LogP contribution is -2.23. The van der Waals surface area contributed by atoms with E-state index < -0.39 is 0 Å². The van der Waals surface area contributed by atoms with Gasteiger partial charge >= 0.3 is 0 Å². The number of aromatic hydroxyl groups is 2. The second-order valence-electron chi connectivity index (χ2n) is 17.2. The van der Waals surface area contributed by atoms with E-state index in [4.69, 9.17) is 9.47 Å². The molecule has 0 fully saturated rings. The summed E-state index contributed by atoms with van der Waals surface area (Å²) in [6, 6.07) is 53.8. The Balaban J connectivity index is 0.956. The standard InChI is InChI=1S/C57H50N2O4/c1-34-23-25-54(44(27-34)46-29-36(3)31-52(56(46)60)58-48-19-11-7-15-40(48)41-16-8-12-20-49(41)58)62-38(5)33-39(6)63-55-26-24-35(2)28-45(55)47-30-37(4)32-53(57(47)61)59-50-21-13-9-17-42(50)43-18-10-14-22-51(43)59/h7-32,38-39,60-61H,33H2,1-6H3/t38-,39?/m1/s1. The van der Waals surface area contributed by atoms with Gasteiger partial charge in [-0.2, -0.15) is 0 Å². The zero-order valence-electron chi connectivity index (χ0n) is 36.5. The Kier molecular flexibility index (Phi) is 9.95. The van der Waals surface area contributed by atoms with E-state index in [0.29, 0.717) is 29.0 Å². The highest BCUT2D eigenvalue weighted by atomic mass is 16.5. The molecule has 6 heteroatoms. The predicted molar refractivity (Wildman–Crippen MR) is 260 cm³/mol. The molecule has 63 heavy (non-hydrogen) atoms. The van der Waals surface area contributed by atoms with Crippen molar-refractivity contribution in [1.82, 2.24) is 9.13 Å². The van der Waals surface area contributed by atoms with Gasteiger partial charge in [-0.25, -0.2) is 0 Å². The Morgan fingerprint density at radius 3 is 1.06 bits per heavy atom. The average Bonchev–Trinajstić information content (AvgIpc) is 3.79. The number of aryl methyl sites for hydroxylation is 4. The van der Waals surface area contributed by atoms with Gasteiger partial charge in [0, 0.05) is 50.2 Å². The van der Waals surface area contributed by atoms with Gasteiger partial charge in [-0.1, -0.05) is 96.1 Å². The van der Waals surface area contributed by atoms with Gasteiger partial charge in [0.1, 0.15) is 23.0 Å². The lowest BCUT2D eigenvalue weighted by atomic mass is 9.98. The lowest BCUT2D eigenvalue weighted by molar-refractivity contribution is 0.131. The van der Waals surface area contributed by atoms with Crippen LogP contribution in [0, 0.1) is 27.7 Å². The Morgan fingerprint density at radius 2 is 0.714 bits per heavy atom. The Bertz CT molecular complexity index is 3060. The van der Waals surface area contributed by atoms with Crippen molar-refractivity contribution in [3.05, 3.63) is 180 Å². The smallest absolute Gasteiger partial charge is 0.147 e. The van der Waals surface area contributed by atoms with Crippen LogP contribution in [0.15, 0.2) is 158 Å². The number of para-hydroxylation sites is 4. The van der Waals surface area contributed by atoms with E-state index in [1.165, 1.54) is 0 Å². The van der Waals surface area contributed by atoms with Crippen LogP contribution in [0.1, 0.15) is 42.5 Å². The summed E-state index contributed by atoms with van der Waals surface area (Å²) in [4.78, 5) is 0. The molecule has 2 atom stereocenters. The molecule has 2 N–H and O–H groups in total. The van der Waals surface area contributed by atoms with Gasteiger partial charge in [-0.05, 0) is 125 Å². The van der Waals surface area contributed by atoms with Gasteiger partial charge < -0.3 is 28.8 Å². The molecule has 0 saturated heterocycles. The topological polar surface area (TPSA) is 68.8 Å². The maximum atomic E-state index is 12.2. The van der Waals surface area contributed by atoms with E-state index >= 15 is 0 Å². The minimum absolute atomic E-state index is 0.194. The molecule has 0 aliphatic heterocycles. The van der Waals surface area contributed by atoms with E-state index in [-0.39, 0.29) is 23.7 Å². The van der Waals surface area contributed by atoms with Crippen molar-refractivity contribution < 1.29 is 19.7 Å². The van der Waals surface area contributed by atoms with Gasteiger partial charge in [0.15, 0.2) is 0 Å². The van der Waals surface area contributed by atoms with Gasteiger partial charge in [-0.3, -0.25) is 0 Å². The highest BCUT2D eigenvalue weighted by molar-refractivity contribution is 6.10. The van der Waals surface area contributed by atoms with Crippen molar-refractivity contribution in [3.8, 4) is 56.6 Å². The number of fused-ring (bicyclic) bond motifs is 6. The monoisotopic (exact) mass is 826 g/mol. The molecule has 2 heterocycles. The maximum absolute atomic E-state index is 12.2. The number of benzene rings is 8. The number of phenolic OH excluding ortho intramolecular Hbond substituents is 2. The SMILES string of the molecule is Cc1ccc(OC(C)C[C@@H](C)Oc2ccc(C)cc2-c2cc(C)cc(-n3c4ccccc4c4ccccc43)c2O)c(-c2cc(C)cc(-n3c4ccccc4c4ccccc43)c2O)c1. The summed E-state index contributed by atoms with van der Waals surface area (Å²) in [7, 11) is 0. The number of rotatable bonds is 10. The van der Waals surface area contributed by atoms with Gasteiger partial charge in [-0.15, -0.1) is 0 Å². The fraction of sp³-hybridized carbons (Fsp3) is 0.158. The summed E-state index contributed by atoms with van der Waals surface area (Å²) >= 11 is 0. The summed E-state index contributed by atoms with van der Waals surface area (Å²) in [5.74, 6) is 1.76. The predicted octanol–water partition coefficient (Wildman–Crippen LogP) is 14.5. The van der Waals surface area contributed by atoms with E-state index in [1.807, 2.05) is 60.7 Å². The Morgan fingerprint density at radius 1 is 0.397 bits per heavy atom. The first-order chi connectivity index (χ1) is 30.5. The van der Waals surface area contributed by atoms with Crippen LogP contribution in [0.5, 0.6) is 23.0 Å². The van der Waals surface area contributed by atoms with Crippen molar-refractivity contribution in [2.24, 2.45) is 0 Å². The molecular weight excluding hydrogens is 777 g/mol. The van der Waals surface area contributed by atoms with Crippen LogP contribution in [0.4, 0.5) is 0 Å². The van der Waals surface area contributed by atoms with Gasteiger partial charge in [0.05, 0.1) is 45.6 Å². The van der Waals surface area contributed by atoms with Gasteiger partial charge in [0.2, 0.25) is 0 Å². The highest BCUT2D eigenvalue weighted by Crippen LogP contribution is 2.46. The van der Waals surface area contributed by atoms with Crippen LogP contribution in [0.25, 0.3) is 77.2 Å². The lowest BCUT2D eigenvalue weighted by Gasteiger charge is -2.24. The van der Waals surface area contributed by atoms with Crippen molar-refractivity contribution in [3.63, 3.8) is 0 Å². The second kappa shape index (κ2) is 15.8. The summed E-state index contributed by atoms with van der Waals surface area (Å²) in [5.41, 5.74) is 12.8. The van der Waals surface area contributed by atoms with Crippen LogP contribution < -0.4 is 9.47 Å². The number of phenols is 2. The molecule has 0 radical (unpaired) electrons. The molecule has 312 valence electrons. The van der Waals surface area contributed by atoms with Crippen LogP contribution in [-0.4, -0.2) is 31.6 Å². The quantitative estimate of drug-likeness (QED) is 0.144. The third-order valence-corrected chi connectivity index (χ3v) is 12.3. The number of hydrogen-bond donors (Lipinski definition) is 2. The first kappa shape index (κ1) is 39.7. The fourth-order valence-electron chi connectivity index (χ4n) is 9.55. The first-order valence-corrected chi connectivity index (χ1v) is 21.7. The van der Waals surface area contributed by atoms with E-state index in [9.17, 15) is 10.2 Å². The third-order valence-electron chi connectivity index (χ3n) is 12.3. The molecule has 0 spiro atoms. The average molecular weight is 827 g/mol. The molecule has 2 aromatic heterocycles. The molecule has 0 aliphatic rings. The number of aromatic nitrogens is 2. The van der Waals surface area contributed by atoms with Crippen LogP contribution in [-0.2, 0) is 0 Å². The van der Waals surface area contributed by atoms with Crippen molar-refractivity contribution >= 4 is 43.6 Å². The Labute approximate surface area is 367 Å². The summed E-state index contributed by atoms with van der Waals surface area (Å²) in [5, 5.41) is 29.0. The summed E-state index contributed by atoms with van der Waals surface area (Å²) < 4.78 is 17.9. The zero-order valence-corrected chi connectivity index (χ0v) is 36.5. The molecule has 10 aromatic rings. The molecule has 0 saturated carbocycles. The van der Waals surface area contributed by atoms with E-state index in [0.717, 1.165) is 88.4 Å². The zero-order chi connectivity index (χ0) is 43.5.